The van der Waals surface area contributed by atoms with Crippen LogP contribution in [0.5, 0.6) is 5.75 Å². The molecule has 0 fully saturated rings. The molecular formula is C13H14ClNO2. The van der Waals surface area contributed by atoms with Gasteiger partial charge in [0.05, 0.1) is 6.61 Å². The lowest BCUT2D eigenvalue weighted by atomic mass is 9.98. The van der Waals surface area contributed by atoms with Crippen LogP contribution in [0.4, 0.5) is 0 Å². The molecule has 0 spiro atoms. The molecule has 90 valence electrons. The molecule has 0 aliphatic carbocycles. The van der Waals surface area contributed by atoms with Crippen LogP contribution in [0.15, 0.2) is 24.4 Å². The van der Waals surface area contributed by atoms with Crippen molar-refractivity contribution in [2.45, 2.75) is 12.5 Å². The molecule has 1 atom stereocenters. The van der Waals surface area contributed by atoms with Crippen LogP contribution in [0.2, 0.25) is 0 Å². The van der Waals surface area contributed by atoms with E-state index in [0.29, 0.717) is 12.5 Å². The number of halogens is 1. The van der Waals surface area contributed by atoms with E-state index in [0.717, 1.165) is 29.6 Å². The quantitative estimate of drug-likeness (QED) is 0.496. The van der Waals surface area contributed by atoms with Gasteiger partial charge in [-0.15, -0.1) is 11.6 Å². The first kappa shape index (κ1) is 12.0. The fraction of sp³-hybridized carbons (Fsp3) is 0.308. The van der Waals surface area contributed by atoms with E-state index in [4.69, 9.17) is 16.3 Å². The average molecular weight is 252 g/mol. The third kappa shape index (κ3) is 2.80. The molecule has 0 radical (unpaired) electrons. The Bertz CT molecular complexity index is 431. The monoisotopic (exact) mass is 251 g/mol. The zero-order chi connectivity index (χ0) is 12.1. The number of carbonyl (C=O) groups is 1. The predicted molar refractivity (Wildman–Crippen MR) is 68.2 cm³/mol. The topological polar surface area (TPSA) is 38.3 Å². The number of benzene rings is 1. The van der Waals surface area contributed by atoms with Crippen LogP contribution < -0.4 is 10.1 Å². The molecule has 0 aromatic heterocycles. The van der Waals surface area contributed by atoms with Crippen molar-refractivity contribution in [2.24, 2.45) is 0 Å². The number of alkyl halides is 1. The molecule has 1 unspecified atom stereocenters. The van der Waals surface area contributed by atoms with Crippen LogP contribution in [0.25, 0.3) is 6.08 Å². The summed E-state index contributed by atoms with van der Waals surface area (Å²) < 4.78 is 5.55. The van der Waals surface area contributed by atoms with Crippen LogP contribution in [-0.2, 0) is 4.79 Å². The van der Waals surface area contributed by atoms with Gasteiger partial charge in [0.2, 0.25) is 0 Å². The van der Waals surface area contributed by atoms with Gasteiger partial charge in [-0.3, -0.25) is 0 Å². The largest absolute Gasteiger partial charge is 0.494 e. The fourth-order valence-electron chi connectivity index (χ4n) is 1.75. The summed E-state index contributed by atoms with van der Waals surface area (Å²) in [5, 5.41) is 2.99. The summed E-state index contributed by atoms with van der Waals surface area (Å²) in [4.78, 5) is 10.9. The molecule has 1 aromatic carbocycles. The Morgan fingerprint density at radius 2 is 2.35 bits per heavy atom. The second-order valence-corrected chi connectivity index (χ2v) is 4.17. The zero-order valence-corrected chi connectivity index (χ0v) is 10.1. The summed E-state index contributed by atoms with van der Waals surface area (Å²) in [6.45, 7) is 0.595. The van der Waals surface area contributed by atoms with E-state index in [1.165, 1.54) is 0 Å². The Labute approximate surface area is 105 Å². The number of nitrogens with one attached hydrogen (secondary N) is 1. The van der Waals surface area contributed by atoms with Crippen molar-refractivity contribution in [3.05, 3.63) is 35.5 Å². The maximum absolute atomic E-state index is 10.9. The number of aldehydes is 1. The van der Waals surface area contributed by atoms with Gasteiger partial charge >= 0.3 is 0 Å². The van der Waals surface area contributed by atoms with Gasteiger partial charge in [-0.05, 0) is 42.0 Å². The second kappa shape index (κ2) is 5.73. The molecular weight excluding hydrogens is 238 g/mol. The SMILES string of the molecule is O=CC1NC=Cc2ccc(OCCCCl)cc21. The summed E-state index contributed by atoms with van der Waals surface area (Å²) in [5.74, 6) is 1.37. The standard InChI is InChI=1S/C13H14ClNO2/c14-5-1-7-17-11-3-2-10-4-6-15-13(9-16)12(10)8-11/h2-4,6,8-9,13,15H,1,5,7H2. The number of hydrogen-bond acceptors (Lipinski definition) is 3. The molecule has 1 aromatic rings. The van der Waals surface area contributed by atoms with Gasteiger partial charge in [-0.1, -0.05) is 6.07 Å². The van der Waals surface area contributed by atoms with E-state index in [9.17, 15) is 4.79 Å². The van der Waals surface area contributed by atoms with E-state index in [-0.39, 0.29) is 6.04 Å². The van der Waals surface area contributed by atoms with Gasteiger partial charge in [0.1, 0.15) is 18.1 Å². The number of rotatable bonds is 5. The molecule has 2 rings (SSSR count). The van der Waals surface area contributed by atoms with Crippen molar-refractivity contribution in [3.63, 3.8) is 0 Å². The molecule has 3 nitrogen and oxygen atoms in total. The van der Waals surface area contributed by atoms with Crippen LogP contribution >= 0.6 is 11.6 Å². The highest BCUT2D eigenvalue weighted by molar-refractivity contribution is 6.17. The lowest BCUT2D eigenvalue weighted by Gasteiger charge is -2.19. The lowest BCUT2D eigenvalue weighted by Crippen LogP contribution is -2.20. The van der Waals surface area contributed by atoms with E-state index >= 15 is 0 Å². The summed E-state index contributed by atoms with van der Waals surface area (Å²) in [7, 11) is 0. The zero-order valence-electron chi connectivity index (χ0n) is 9.36. The smallest absolute Gasteiger partial charge is 0.146 e. The summed E-state index contributed by atoms with van der Waals surface area (Å²) >= 11 is 5.58. The molecule has 4 heteroatoms. The Balaban J connectivity index is 2.16. The Morgan fingerprint density at radius 3 is 3.12 bits per heavy atom. The first-order chi connectivity index (χ1) is 8.35. The van der Waals surface area contributed by atoms with E-state index in [1.807, 2.05) is 24.3 Å². The van der Waals surface area contributed by atoms with Gasteiger partial charge in [0.15, 0.2) is 0 Å². The Hall–Kier alpha value is -1.48. The molecule has 1 aliphatic heterocycles. The molecule has 17 heavy (non-hydrogen) atoms. The summed E-state index contributed by atoms with van der Waals surface area (Å²) in [6.07, 6.45) is 5.44. The van der Waals surface area contributed by atoms with Crippen LogP contribution in [-0.4, -0.2) is 18.8 Å². The van der Waals surface area contributed by atoms with Gasteiger partial charge in [-0.25, -0.2) is 0 Å². The van der Waals surface area contributed by atoms with Crippen LogP contribution in [0.3, 0.4) is 0 Å². The van der Waals surface area contributed by atoms with Crippen molar-refractivity contribution >= 4 is 24.0 Å². The van der Waals surface area contributed by atoms with E-state index in [1.54, 1.807) is 6.20 Å². The minimum absolute atomic E-state index is 0.286. The van der Waals surface area contributed by atoms with Crippen molar-refractivity contribution in [3.8, 4) is 5.75 Å². The molecule has 0 amide bonds. The normalized spacial score (nSPS) is 17.1. The highest BCUT2D eigenvalue weighted by atomic mass is 35.5. The van der Waals surface area contributed by atoms with Gasteiger partial charge in [0, 0.05) is 5.88 Å². The van der Waals surface area contributed by atoms with Crippen molar-refractivity contribution in [2.75, 3.05) is 12.5 Å². The maximum atomic E-state index is 10.9. The van der Waals surface area contributed by atoms with Crippen LogP contribution in [0, 0.1) is 0 Å². The van der Waals surface area contributed by atoms with Gasteiger partial charge in [-0.2, -0.15) is 0 Å². The predicted octanol–water partition coefficient (Wildman–Crippen LogP) is 2.51. The molecule has 0 bridgehead atoms. The molecule has 1 aliphatic rings. The lowest BCUT2D eigenvalue weighted by molar-refractivity contribution is -0.109. The summed E-state index contributed by atoms with van der Waals surface area (Å²) in [5.41, 5.74) is 2.00. The Morgan fingerprint density at radius 1 is 1.47 bits per heavy atom. The third-order valence-corrected chi connectivity index (χ3v) is 2.88. The van der Waals surface area contributed by atoms with Gasteiger partial charge in [0.25, 0.3) is 0 Å². The number of fused-ring (bicyclic) bond motifs is 1. The highest BCUT2D eigenvalue weighted by Gasteiger charge is 2.16. The summed E-state index contributed by atoms with van der Waals surface area (Å²) in [6, 6.07) is 5.48. The molecule has 0 saturated carbocycles. The Kier molecular flexibility index (Phi) is 4.04. The fourth-order valence-corrected chi connectivity index (χ4v) is 1.86. The number of ether oxygens (including phenoxy) is 1. The number of carbonyl (C=O) groups excluding carboxylic acids is 1. The van der Waals surface area contributed by atoms with E-state index in [2.05, 4.69) is 5.32 Å². The second-order valence-electron chi connectivity index (χ2n) is 3.80. The van der Waals surface area contributed by atoms with Crippen LogP contribution in [0.1, 0.15) is 23.6 Å². The minimum Gasteiger partial charge on any atom is -0.494 e. The molecule has 1 heterocycles. The van der Waals surface area contributed by atoms with Crippen molar-refractivity contribution < 1.29 is 9.53 Å². The molecule has 1 N–H and O–H groups in total. The average Bonchev–Trinajstić information content (AvgIpc) is 2.38. The first-order valence-electron chi connectivity index (χ1n) is 5.56. The highest BCUT2D eigenvalue weighted by Crippen LogP contribution is 2.26. The minimum atomic E-state index is -0.286. The van der Waals surface area contributed by atoms with Crippen molar-refractivity contribution in [1.82, 2.24) is 5.32 Å². The molecule has 0 saturated heterocycles. The first-order valence-corrected chi connectivity index (χ1v) is 6.09. The third-order valence-electron chi connectivity index (χ3n) is 2.61. The number of hydrogen-bond donors (Lipinski definition) is 1. The van der Waals surface area contributed by atoms with E-state index < -0.39 is 0 Å². The maximum Gasteiger partial charge on any atom is 0.146 e. The van der Waals surface area contributed by atoms with Crippen molar-refractivity contribution in [1.29, 1.82) is 0 Å². The van der Waals surface area contributed by atoms with Gasteiger partial charge < -0.3 is 14.8 Å².